The van der Waals surface area contributed by atoms with Crippen LogP contribution in [0.5, 0.6) is 0 Å². The molecular formula is C53H33NO. The van der Waals surface area contributed by atoms with Crippen LogP contribution < -0.4 is 4.90 Å². The average Bonchev–Trinajstić information content (AvgIpc) is 3.90. The summed E-state index contributed by atoms with van der Waals surface area (Å²) in [6.07, 6.45) is 0. The predicted molar refractivity (Wildman–Crippen MR) is 228 cm³/mol. The number of benzene rings is 9. The minimum absolute atomic E-state index is 0.432. The van der Waals surface area contributed by atoms with Crippen molar-refractivity contribution in [1.29, 1.82) is 0 Å². The smallest absolute Gasteiger partial charge is 0.159 e. The highest BCUT2D eigenvalue weighted by atomic mass is 16.3. The lowest BCUT2D eigenvalue weighted by atomic mass is 9.70. The zero-order chi connectivity index (χ0) is 36.1. The van der Waals surface area contributed by atoms with Crippen molar-refractivity contribution in [2.24, 2.45) is 0 Å². The zero-order valence-corrected chi connectivity index (χ0v) is 29.9. The van der Waals surface area contributed by atoms with E-state index in [0.717, 1.165) is 39.0 Å². The van der Waals surface area contributed by atoms with Crippen molar-refractivity contribution in [2.75, 3.05) is 4.90 Å². The maximum absolute atomic E-state index is 6.99. The Morgan fingerprint density at radius 2 is 0.909 bits per heavy atom. The van der Waals surface area contributed by atoms with Gasteiger partial charge in [0.1, 0.15) is 5.58 Å². The van der Waals surface area contributed by atoms with Crippen LogP contribution in [0.3, 0.4) is 0 Å². The van der Waals surface area contributed by atoms with Crippen LogP contribution in [0.1, 0.15) is 22.3 Å². The van der Waals surface area contributed by atoms with Gasteiger partial charge >= 0.3 is 0 Å². The Hall–Kier alpha value is -7.16. The molecule has 2 aliphatic carbocycles. The number of furan rings is 1. The van der Waals surface area contributed by atoms with E-state index >= 15 is 0 Å². The third-order valence-corrected chi connectivity index (χ3v) is 12.1. The minimum Gasteiger partial charge on any atom is -0.454 e. The summed E-state index contributed by atoms with van der Waals surface area (Å²) in [5.41, 5.74) is 17.4. The van der Waals surface area contributed by atoms with Gasteiger partial charge in [0.15, 0.2) is 5.58 Å². The van der Waals surface area contributed by atoms with E-state index in [2.05, 4.69) is 205 Å². The number of hydrogen-bond donors (Lipinski definition) is 0. The number of anilines is 3. The fourth-order valence-corrected chi connectivity index (χ4v) is 9.98. The molecule has 0 bridgehead atoms. The molecule has 9 aromatic carbocycles. The van der Waals surface area contributed by atoms with E-state index in [0.29, 0.717) is 0 Å². The molecule has 1 heterocycles. The Morgan fingerprint density at radius 1 is 0.364 bits per heavy atom. The van der Waals surface area contributed by atoms with Crippen LogP contribution in [-0.4, -0.2) is 0 Å². The van der Waals surface area contributed by atoms with Crippen molar-refractivity contribution >= 4 is 49.8 Å². The van der Waals surface area contributed by atoms with Crippen molar-refractivity contribution in [3.8, 4) is 33.4 Å². The van der Waals surface area contributed by atoms with Crippen molar-refractivity contribution < 1.29 is 4.42 Å². The summed E-state index contributed by atoms with van der Waals surface area (Å²) in [7, 11) is 0. The van der Waals surface area contributed by atoms with Gasteiger partial charge in [0.05, 0.1) is 16.8 Å². The summed E-state index contributed by atoms with van der Waals surface area (Å²) in [5.74, 6) is 0. The molecule has 2 heteroatoms. The van der Waals surface area contributed by atoms with Gasteiger partial charge < -0.3 is 9.32 Å². The summed E-state index contributed by atoms with van der Waals surface area (Å²) in [6.45, 7) is 0. The second kappa shape index (κ2) is 11.4. The molecule has 0 unspecified atom stereocenters. The highest BCUT2D eigenvalue weighted by Gasteiger charge is 2.52. The molecule has 1 aromatic heterocycles. The first-order chi connectivity index (χ1) is 27.3. The topological polar surface area (TPSA) is 16.4 Å². The van der Waals surface area contributed by atoms with Crippen LogP contribution in [0.25, 0.3) is 66.1 Å². The van der Waals surface area contributed by atoms with Gasteiger partial charge in [0.2, 0.25) is 0 Å². The van der Waals surface area contributed by atoms with E-state index in [4.69, 9.17) is 4.42 Å². The molecule has 12 rings (SSSR count). The van der Waals surface area contributed by atoms with E-state index in [1.54, 1.807) is 0 Å². The lowest BCUT2D eigenvalue weighted by molar-refractivity contribution is 0.669. The van der Waals surface area contributed by atoms with Gasteiger partial charge in [-0.3, -0.25) is 0 Å². The van der Waals surface area contributed by atoms with Crippen molar-refractivity contribution in [2.45, 2.75) is 5.41 Å². The van der Waals surface area contributed by atoms with Crippen LogP contribution in [0.4, 0.5) is 17.1 Å². The van der Waals surface area contributed by atoms with Crippen molar-refractivity contribution in [3.05, 3.63) is 222 Å². The van der Waals surface area contributed by atoms with Gasteiger partial charge in [-0.15, -0.1) is 0 Å². The molecule has 2 nitrogen and oxygen atoms in total. The Balaban J connectivity index is 1.15. The molecule has 0 aliphatic heterocycles. The molecule has 10 aromatic rings. The highest BCUT2D eigenvalue weighted by Crippen LogP contribution is 2.64. The molecule has 55 heavy (non-hydrogen) atoms. The first-order valence-electron chi connectivity index (χ1n) is 19.0. The molecule has 0 radical (unpaired) electrons. The quantitative estimate of drug-likeness (QED) is 0.182. The first kappa shape index (κ1) is 30.3. The Bertz CT molecular complexity index is 3110. The lowest BCUT2D eigenvalue weighted by Crippen LogP contribution is -2.26. The largest absolute Gasteiger partial charge is 0.454 e. The number of rotatable bonds is 4. The molecule has 0 amide bonds. The molecular weight excluding hydrogens is 667 g/mol. The maximum Gasteiger partial charge on any atom is 0.159 e. The number of para-hydroxylation sites is 2. The standard InChI is InChI=1S/C53H33NO/c1-3-16-34(17-4-1)36-23-13-24-40-37(36)32-33-49-50(40)42-25-14-31-48(52(42)55-49)54(35-18-5-2-6-19-35)47-30-15-29-46-51(47)41-22-9-12-28-45(41)53(46)43-26-10-7-20-38(43)39-21-8-11-27-44(39)53/h1-33H. The molecule has 0 N–H and O–H groups in total. The zero-order valence-electron chi connectivity index (χ0n) is 29.9. The van der Waals surface area contributed by atoms with E-state index < -0.39 is 5.41 Å². The van der Waals surface area contributed by atoms with Gasteiger partial charge in [-0.05, 0) is 91.2 Å². The number of nitrogens with zero attached hydrogens (tertiary/aromatic N) is 1. The summed E-state index contributed by atoms with van der Waals surface area (Å²) in [4.78, 5) is 2.42. The van der Waals surface area contributed by atoms with Gasteiger partial charge in [0.25, 0.3) is 0 Å². The van der Waals surface area contributed by atoms with Gasteiger partial charge in [-0.25, -0.2) is 0 Å². The second-order valence-electron chi connectivity index (χ2n) is 14.7. The van der Waals surface area contributed by atoms with Gasteiger partial charge in [-0.2, -0.15) is 0 Å². The van der Waals surface area contributed by atoms with E-state index in [1.165, 1.54) is 66.4 Å². The second-order valence-corrected chi connectivity index (χ2v) is 14.7. The summed E-state index contributed by atoms with van der Waals surface area (Å²) < 4.78 is 6.99. The normalized spacial score (nSPS) is 13.2. The SMILES string of the molecule is c1ccc(-c2cccc3c2ccc2oc4c(N(c5ccccc5)c5cccc6c5-c5ccccc5C65c6ccccc6-c6ccccc65)cccc4c23)cc1. The number of hydrogen-bond acceptors (Lipinski definition) is 2. The third kappa shape index (κ3) is 4.03. The van der Waals surface area contributed by atoms with E-state index in [1.807, 2.05) is 0 Å². The minimum atomic E-state index is -0.432. The highest BCUT2D eigenvalue weighted by molar-refractivity contribution is 6.23. The molecule has 1 spiro atoms. The summed E-state index contributed by atoms with van der Waals surface area (Å²) in [6, 6.07) is 73.0. The third-order valence-electron chi connectivity index (χ3n) is 12.1. The summed E-state index contributed by atoms with van der Waals surface area (Å²) in [5, 5.41) is 4.65. The Labute approximate surface area is 319 Å². The van der Waals surface area contributed by atoms with E-state index in [-0.39, 0.29) is 0 Å². The summed E-state index contributed by atoms with van der Waals surface area (Å²) >= 11 is 0. The lowest BCUT2D eigenvalue weighted by Gasteiger charge is -2.31. The average molecular weight is 700 g/mol. The maximum atomic E-state index is 6.99. The van der Waals surface area contributed by atoms with Crippen molar-refractivity contribution in [3.63, 3.8) is 0 Å². The molecule has 256 valence electrons. The Morgan fingerprint density at radius 3 is 1.65 bits per heavy atom. The fraction of sp³-hybridized carbons (Fsp3) is 0.0189. The molecule has 2 aliphatic rings. The first-order valence-corrected chi connectivity index (χ1v) is 19.0. The Kier molecular flexibility index (Phi) is 6.29. The number of fused-ring (bicyclic) bond motifs is 15. The van der Waals surface area contributed by atoms with Crippen LogP contribution in [0, 0.1) is 0 Å². The monoisotopic (exact) mass is 699 g/mol. The van der Waals surface area contributed by atoms with E-state index in [9.17, 15) is 0 Å². The molecule has 0 saturated heterocycles. The van der Waals surface area contributed by atoms with Gasteiger partial charge in [0, 0.05) is 22.0 Å². The van der Waals surface area contributed by atoms with Crippen LogP contribution >= 0.6 is 0 Å². The van der Waals surface area contributed by atoms with Crippen LogP contribution in [-0.2, 0) is 5.41 Å². The van der Waals surface area contributed by atoms with Crippen LogP contribution in [0.15, 0.2) is 205 Å². The van der Waals surface area contributed by atoms with Crippen molar-refractivity contribution in [1.82, 2.24) is 0 Å². The van der Waals surface area contributed by atoms with Gasteiger partial charge in [-0.1, -0.05) is 170 Å². The predicted octanol–water partition coefficient (Wildman–Crippen LogP) is 14.2. The molecule has 0 saturated carbocycles. The van der Waals surface area contributed by atoms with Crippen LogP contribution in [0.2, 0.25) is 0 Å². The fourth-order valence-electron chi connectivity index (χ4n) is 9.98. The molecule has 0 atom stereocenters. The molecule has 0 fully saturated rings.